The second-order valence-corrected chi connectivity index (χ2v) is 10.9. The molecule has 1 aliphatic rings. The Morgan fingerprint density at radius 3 is 2.40 bits per heavy atom. The molecule has 1 fully saturated rings. The van der Waals surface area contributed by atoms with Crippen molar-refractivity contribution in [2.24, 2.45) is 10.7 Å². The van der Waals surface area contributed by atoms with Crippen LogP contribution >= 0.6 is 0 Å². The highest BCUT2D eigenvalue weighted by Gasteiger charge is 2.26. The summed E-state index contributed by atoms with van der Waals surface area (Å²) in [5, 5.41) is 9.50. The molecule has 4 aromatic rings. The van der Waals surface area contributed by atoms with E-state index >= 15 is 0 Å². The van der Waals surface area contributed by atoms with Crippen LogP contribution in [-0.2, 0) is 16.0 Å². The lowest BCUT2D eigenvalue weighted by molar-refractivity contribution is -0.144. The van der Waals surface area contributed by atoms with Gasteiger partial charge in [-0.3, -0.25) is 15.0 Å². The van der Waals surface area contributed by atoms with Crippen molar-refractivity contribution in [1.29, 1.82) is 5.41 Å². The van der Waals surface area contributed by atoms with Gasteiger partial charge in [0, 0.05) is 18.5 Å². The molecule has 1 saturated heterocycles. The van der Waals surface area contributed by atoms with E-state index in [4.69, 9.17) is 20.6 Å². The predicted octanol–water partition coefficient (Wildman–Crippen LogP) is 6.00. The molecular weight excluding hydrogens is 578 g/mol. The van der Waals surface area contributed by atoms with Gasteiger partial charge >= 0.3 is 5.97 Å². The molecule has 1 heterocycles. The Morgan fingerprint density at radius 1 is 1.02 bits per heavy atom. The van der Waals surface area contributed by atoms with Gasteiger partial charge in [-0.1, -0.05) is 48.5 Å². The van der Waals surface area contributed by atoms with E-state index in [2.05, 4.69) is 4.99 Å². The van der Waals surface area contributed by atoms with Crippen LogP contribution in [0.15, 0.2) is 83.9 Å². The van der Waals surface area contributed by atoms with Gasteiger partial charge in [-0.15, -0.1) is 0 Å². The van der Waals surface area contributed by atoms with Gasteiger partial charge in [0.15, 0.2) is 0 Å². The summed E-state index contributed by atoms with van der Waals surface area (Å²) >= 11 is 0. The Balaban J connectivity index is 1.35. The number of ether oxygens (including phenoxy) is 2. The number of nitrogens with one attached hydrogen (secondary N) is 1. The molecule has 232 valence electrons. The summed E-state index contributed by atoms with van der Waals surface area (Å²) in [5.74, 6) is -3.01. The molecule has 1 amide bonds. The second-order valence-electron chi connectivity index (χ2n) is 10.9. The van der Waals surface area contributed by atoms with Crippen LogP contribution in [0.5, 0.6) is 5.75 Å². The first-order chi connectivity index (χ1) is 21.6. The second kappa shape index (κ2) is 13.7. The van der Waals surface area contributed by atoms with E-state index in [-0.39, 0.29) is 24.5 Å². The van der Waals surface area contributed by atoms with Crippen molar-refractivity contribution in [1.82, 2.24) is 4.90 Å². The number of carbonyl (C=O) groups is 2. The normalized spacial score (nSPS) is 15.6. The van der Waals surface area contributed by atoms with Crippen molar-refractivity contribution in [2.75, 3.05) is 19.7 Å². The number of amides is 1. The summed E-state index contributed by atoms with van der Waals surface area (Å²) in [6.45, 7) is 5.25. The third-order valence-electron chi connectivity index (χ3n) is 7.81. The fourth-order valence-electron chi connectivity index (χ4n) is 5.43. The van der Waals surface area contributed by atoms with Gasteiger partial charge < -0.3 is 20.1 Å². The van der Waals surface area contributed by atoms with Crippen LogP contribution in [-0.4, -0.2) is 54.2 Å². The standard InChI is InChI=1S/C35H34F2N4O4/c1-3-44-35(43)29(24-11-13-27(14-12-24)45-28-15-16-41(20-28)21(2)38)18-22-7-8-23-9-10-25(19-26(23)17-22)33(39)40-34(42)32-30(36)5-4-6-31(32)37/h4-14,17,19,28-29,38H,3,15-16,18,20H2,1-2H3,(H2,39,40,42)/t28-,29-/m0/s1. The highest BCUT2D eigenvalue weighted by molar-refractivity contribution is 6.10. The molecule has 10 heteroatoms. The first-order valence-electron chi connectivity index (χ1n) is 14.7. The fraction of sp³-hybridized carbons (Fsp3) is 0.257. The predicted molar refractivity (Wildman–Crippen MR) is 169 cm³/mol. The van der Waals surface area contributed by atoms with Crippen molar-refractivity contribution in [3.05, 3.63) is 113 Å². The van der Waals surface area contributed by atoms with Gasteiger partial charge in [0.25, 0.3) is 5.91 Å². The minimum atomic E-state index is -1.11. The molecule has 0 aromatic heterocycles. The summed E-state index contributed by atoms with van der Waals surface area (Å²) < 4.78 is 39.7. The molecule has 8 nitrogen and oxygen atoms in total. The minimum Gasteiger partial charge on any atom is -0.489 e. The van der Waals surface area contributed by atoms with E-state index < -0.39 is 29.0 Å². The Labute approximate surface area is 260 Å². The molecule has 3 N–H and O–H groups in total. The first-order valence-corrected chi connectivity index (χ1v) is 14.7. The highest BCUT2D eigenvalue weighted by atomic mass is 19.1. The number of esters is 1. The van der Waals surface area contributed by atoms with Gasteiger partial charge in [0.1, 0.15) is 34.9 Å². The number of benzene rings is 4. The number of halogens is 2. The lowest BCUT2D eigenvalue weighted by atomic mass is 9.91. The maximum absolute atomic E-state index is 14.1. The number of rotatable bonds is 9. The Morgan fingerprint density at radius 2 is 1.73 bits per heavy atom. The van der Waals surface area contributed by atoms with Crippen molar-refractivity contribution in [3.63, 3.8) is 0 Å². The third-order valence-corrected chi connectivity index (χ3v) is 7.81. The molecule has 0 spiro atoms. The SMILES string of the molecule is CCOC(=O)[C@@H](Cc1ccc2ccc(C(N)=NC(=O)c3c(F)cccc3F)cc2c1)c1ccc(O[C@H]2CCN(C(C)=N)C2)cc1. The van der Waals surface area contributed by atoms with Gasteiger partial charge in [-0.25, -0.2) is 8.78 Å². The van der Waals surface area contributed by atoms with Crippen molar-refractivity contribution < 1.29 is 27.8 Å². The van der Waals surface area contributed by atoms with Crippen LogP contribution in [0.2, 0.25) is 0 Å². The molecule has 1 aliphatic heterocycles. The number of nitrogens with two attached hydrogens (primary N) is 1. The highest BCUT2D eigenvalue weighted by Crippen LogP contribution is 2.28. The number of carbonyl (C=O) groups excluding carboxylic acids is 2. The molecule has 0 radical (unpaired) electrons. The van der Waals surface area contributed by atoms with Crippen LogP contribution in [0, 0.1) is 17.0 Å². The van der Waals surface area contributed by atoms with Gasteiger partial charge in [-0.2, -0.15) is 4.99 Å². The molecule has 0 saturated carbocycles. The zero-order valence-electron chi connectivity index (χ0n) is 25.1. The van der Waals surface area contributed by atoms with E-state index in [0.717, 1.165) is 53.1 Å². The average Bonchev–Trinajstić information content (AvgIpc) is 3.49. The molecule has 5 rings (SSSR count). The first kappa shape index (κ1) is 31.3. The largest absolute Gasteiger partial charge is 0.489 e. The van der Waals surface area contributed by atoms with E-state index in [9.17, 15) is 18.4 Å². The van der Waals surface area contributed by atoms with E-state index in [1.54, 1.807) is 32.0 Å². The van der Waals surface area contributed by atoms with Crippen LogP contribution in [0.3, 0.4) is 0 Å². The Hall–Kier alpha value is -5.12. The number of amidine groups is 2. The number of likely N-dealkylation sites (tertiary alicyclic amines) is 1. The summed E-state index contributed by atoms with van der Waals surface area (Å²) in [6, 6.07) is 21.6. The molecule has 0 aliphatic carbocycles. The van der Waals surface area contributed by atoms with Crippen molar-refractivity contribution >= 4 is 34.3 Å². The lowest BCUT2D eigenvalue weighted by Crippen LogP contribution is -2.28. The number of fused-ring (bicyclic) bond motifs is 1. The Kier molecular flexibility index (Phi) is 9.51. The average molecular weight is 613 g/mol. The van der Waals surface area contributed by atoms with Crippen LogP contribution in [0.25, 0.3) is 10.8 Å². The van der Waals surface area contributed by atoms with Crippen molar-refractivity contribution in [3.8, 4) is 5.75 Å². The molecule has 45 heavy (non-hydrogen) atoms. The smallest absolute Gasteiger partial charge is 0.313 e. The van der Waals surface area contributed by atoms with Crippen LogP contribution in [0.4, 0.5) is 8.78 Å². The maximum Gasteiger partial charge on any atom is 0.313 e. The fourth-order valence-corrected chi connectivity index (χ4v) is 5.43. The third kappa shape index (κ3) is 7.34. The van der Waals surface area contributed by atoms with Crippen LogP contribution in [0.1, 0.15) is 53.2 Å². The van der Waals surface area contributed by atoms with E-state index in [1.807, 2.05) is 47.4 Å². The minimum absolute atomic E-state index is 0.00244. The van der Waals surface area contributed by atoms with Gasteiger partial charge in [0.05, 0.1) is 24.9 Å². The maximum atomic E-state index is 14.1. The zero-order valence-corrected chi connectivity index (χ0v) is 25.1. The zero-order chi connectivity index (χ0) is 32.1. The molecule has 2 atom stereocenters. The van der Waals surface area contributed by atoms with Crippen molar-refractivity contribution in [2.45, 2.75) is 38.7 Å². The number of hydrogen-bond acceptors (Lipinski definition) is 5. The topological polar surface area (TPSA) is 118 Å². The molecular formula is C35H34F2N4O4. The molecule has 0 bridgehead atoms. The van der Waals surface area contributed by atoms with Gasteiger partial charge in [0.2, 0.25) is 0 Å². The van der Waals surface area contributed by atoms with E-state index in [0.29, 0.717) is 30.1 Å². The summed E-state index contributed by atoms with van der Waals surface area (Å²) in [7, 11) is 0. The quantitative estimate of drug-likeness (QED) is 0.136. The van der Waals surface area contributed by atoms with E-state index in [1.165, 1.54) is 0 Å². The number of hydrogen-bond donors (Lipinski definition) is 2. The number of aliphatic imine (C=N–C) groups is 1. The van der Waals surface area contributed by atoms with Gasteiger partial charge in [-0.05, 0) is 72.5 Å². The summed E-state index contributed by atoms with van der Waals surface area (Å²) in [6.07, 6.45) is 1.20. The lowest BCUT2D eigenvalue weighted by Gasteiger charge is -2.19. The summed E-state index contributed by atoms with van der Waals surface area (Å²) in [5.41, 5.74) is 7.37. The molecule has 4 aromatic carbocycles. The van der Waals surface area contributed by atoms with Crippen LogP contribution < -0.4 is 10.5 Å². The Bertz CT molecular complexity index is 1750. The molecule has 0 unspecified atom stereocenters. The summed E-state index contributed by atoms with van der Waals surface area (Å²) in [4.78, 5) is 31.3. The monoisotopic (exact) mass is 612 g/mol. The number of nitrogens with zero attached hydrogens (tertiary/aromatic N) is 2.